The number of nitrogens with one attached hydrogen (secondary N) is 2. The maximum absolute atomic E-state index is 12.8. The lowest BCUT2D eigenvalue weighted by Crippen LogP contribution is -2.50. The van der Waals surface area contributed by atoms with Crippen molar-refractivity contribution in [3.63, 3.8) is 0 Å². The summed E-state index contributed by atoms with van der Waals surface area (Å²) in [4.78, 5) is 27.1. The van der Waals surface area contributed by atoms with Crippen molar-refractivity contribution < 1.29 is 27.5 Å². The van der Waals surface area contributed by atoms with Crippen molar-refractivity contribution in [2.75, 3.05) is 43.6 Å². The summed E-state index contributed by atoms with van der Waals surface area (Å²) in [5.41, 5.74) is 0.999. The normalized spacial score (nSPS) is 21.7. The van der Waals surface area contributed by atoms with Crippen molar-refractivity contribution >= 4 is 27.3 Å². The van der Waals surface area contributed by atoms with Gasteiger partial charge in [0.25, 0.3) is 11.8 Å². The Kier molecular flexibility index (Phi) is 7.38. The Balaban J connectivity index is 1.30. The molecule has 2 amide bonds. The highest BCUT2D eigenvalue weighted by Gasteiger charge is 2.42. The number of sulfone groups is 1. The van der Waals surface area contributed by atoms with Gasteiger partial charge in [-0.2, -0.15) is 0 Å². The van der Waals surface area contributed by atoms with E-state index < -0.39 is 15.9 Å². The molecule has 2 aromatic rings. The van der Waals surface area contributed by atoms with Crippen LogP contribution in [0.1, 0.15) is 23.2 Å². The molecule has 0 spiro atoms. The summed E-state index contributed by atoms with van der Waals surface area (Å²) < 4.78 is 35.1. The number of amides is 2. The van der Waals surface area contributed by atoms with Crippen LogP contribution in [0.25, 0.3) is 0 Å². The molecule has 0 aromatic heterocycles. The SMILES string of the molecule is COc1cccc(NC(=O)COc2ccc(C(=O)NC3CS(=O)(=O)CC3N3CCCC3)cc2)c1. The quantitative estimate of drug-likeness (QED) is 0.583. The third kappa shape index (κ3) is 6.06. The van der Waals surface area contributed by atoms with Gasteiger partial charge in [0.1, 0.15) is 11.5 Å². The third-order valence-corrected chi connectivity index (χ3v) is 7.81. The number of anilines is 1. The van der Waals surface area contributed by atoms with Gasteiger partial charge >= 0.3 is 0 Å². The van der Waals surface area contributed by atoms with Gasteiger partial charge in [-0.05, 0) is 62.3 Å². The molecule has 2 aliphatic heterocycles. The number of likely N-dealkylation sites (tertiary alicyclic amines) is 1. The Bertz CT molecular complexity index is 1130. The Labute approximate surface area is 199 Å². The number of nitrogens with zero attached hydrogens (tertiary/aromatic N) is 1. The molecular weight excluding hydrogens is 458 g/mol. The standard InChI is InChI=1S/C24H29N3O6S/c1-32-20-6-4-5-18(13-20)25-23(28)14-33-19-9-7-17(8-10-19)24(29)26-21-15-34(30,31)16-22(21)27-11-2-3-12-27/h4-10,13,21-22H,2-3,11-12,14-16H2,1H3,(H,25,28)(H,26,29). The molecule has 10 heteroatoms. The fourth-order valence-corrected chi connectivity index (χ4v) is 6.35. The molecule has 0 radical (unpaired) electrons. The minimum absolute atomic E-state index is 0.0382. The van der Waals surface area contributed by atoms with Crippen molar-refractivity contribution in [2.45, 2.75) is 24.9 Å². The molecule has 4 rings (SSSR count). The first-order valence-corrected chi connectivity index (χ1v) is 13.1. The van der Waals surface area contributed by atoms with E-state index >= 15 is 0 Å². The molecular formula is C24H29N3O6S. The number of carbonyl (C=O) groups is 2. The molecule has 34 heavy (non-hydrogen) atoms. The second-order valence-corrected chi connectivity index (χ2v) is 10.7. The average molecular weight is 488 g/mol. The lowest BCUT2D eigenvalue weighted by atomic mass is 10.1. The molecule has 0 aliphatic carbocycles. The topological polar surface area (TPSA) is 114 Å². The van der Waals surface area contributed by atoms with Crippen LogP contribution in [0, 0.1) is 0 Å². The van der Waals surface area contributed by atoms with Crippen LogP contribution in [0.3, 0.4) is 0 Å². The Hall–Kier alpha value is -3.11. The molecule has 2 aliphatic rings. The fraction of sp³-hybridized carbons (Fsp3) is 0.417. The summed E-state index contributed by atoms with van der Waals surface area (Å²) in [6.07, 6.45) is 2.10. The summed E-state index contributed by atoms with van der Waals surface area (Å²) in [6, 6.07) is 12.8. The zero-order chi connectivity index (χ0) is 24.1. The Morgan fingerprint density at radius 1 is 1.03 bits per heavy atom. The van der Waals surface area contributed by atoms with E-state index in [9.17, 15) is 18.0 Å². The molecule has 2 unspecified atom stereocenters. The van der Waals surface area contributed by atoms with Crippen LogP contribution in [0.15, 0.2) is 48.5 Å². The number of hydrogen-bond donors (Lipinski definition) is 2. The van der Waals surface area contributed by atoms with Crippen molar-refractivity contribution in [3.05, 3.63) is 54.1 Å². The van der Waals surface area contributed by atoms with Crippen LogP contribution in [-0.4, -0.2) is 75.5 Å². The van der Waals surface area contributed by atoms with Crippen molar-refractivity contribution in [1.82, 2.24) is 10.2 Å². The highest BCUT2D eigenvalue weighted by molar-refractivity contribution is 7.91. The van der Waals surface area contributed by atoms with E-state index in [-0.39, 0.29) is 36.0 Å². The van der Waals surface area contributed by atoms with Crippen molar-refractivity contribution in [2.24, 2.45) is 0 Å². The summed E-state index contributed by atoms with van der Waals surface area (Å²) in [6.45, 7) is 1.54. The van der Waals surface area contributed by atoms with E-state index in [1.165, 1.54) is 0 Å². The molecule has 2 saturated heterocycles. The number of benzene rings is 2. The second kappa shape index (κ2) is 10.4. The lowest BCUT2D eigenvalue weighted by Gasteiger charge is -2.28. The number of ether oxygens (including phenoxy) is 2. The van der Waals surface area contributed by atoms with Gasteiger partial charge in [0.15, 0.2) is 16.4 Å². The number of methoxy groups -OCH3 is 1. The van der Waals surface area contributed by atoms with Gasteiger partial charge in [-0.15, -0.1) is 0 Å². The van der Waals surface area contributed by atoms with E-state index in [0.717, 1.165) is 25.9 Å². The van der Waals surface area contributed by atoms with Gasteiger partial charge < -0.3 is 20.1 Å². The van der Waals surface area contributed by atoms with Crippen LogP contribution in [-0.2, 0) is 14.6 Å². The molecule has 2 aromatic carbocycles. The summed E-state index contributed by atoms with van der Waals surface area (Å²) in [5, 5.41) is 5.64. The molecule has 2 heterocycles. The minimum Gasteiger partial charge on any atom is -0.497 e. The highest BCUT2D eigenvalue weighted by Crippen LogP contribution is 2.23. The monoisotopic (exact) mass is 487 g/mol. The molecule has 182 valence electrons. The van der Waals surface area contributed by atoms with Crippen LogP contribution in [0.5, 0.6) is 11.5 Å². The first-order chi connectivity index (χ1) is 16.3. The predicted molar refractivity (Wildman–Crippen MR) is 128 cm³/mol. The number of hydrogen-bond acceptors (Lipinski definition) is 7. The van der Waals surface area contributed by atoms with Gasteiger partial charge in [0.2, 0.25) is 0 Å². The predicted octanol–water partition coefficient (Wildman–Crippen LogP) is 1.70. The van der Waals surface area contributed by atoms with Crippen LogP contribution >= 0.6 is 0 Å². The zero-order valence-corrected chi connectivity index (χ0v) is 19.8. The lowest BCUT2D eigenvalue weighted by molar-refractivity contribution is -0.118. The van der Waals surface area contributed by atoms with E-state index in [4.69, 9.17) is 9.47 Å². The number of rotatable bonds is 8. The molecule has 0 saturated carbocycles. The first kappa shape index (κ1) is 24.0. The molecule has 2 N–H and O–H groups in total. The van der Waals surface area contributed by atoms with E-state index in [0.29, 0.717) is 22.7 Å². The third-order valence-electron chi connectivity index (χ3n) is 6.09. The maximum Gasteiger partial charge on any atom is 0.262 e. The van der Waals surface area contributed by atoms with Crippen LogP contribution in [0.4, 0.5) is 5.69 Å². The van der Waals surface area contributed by atoms with Gasteiger partial charge in [-0.3, -0.25) is 14.5 Å². The summed E-state index contributed by atoms with van der Waals surface area (Å²) in [7, 11) is -1.63. The van der Waals surface area contributed by atoms with Gasteiger partial charge in [0, 0.05) is 23.4 Å². The fourth-order valence-electron chi connectivity index (χ4n) is 4.40. The summed E-state index contributed by atoms with van der Waals surface area (Å²) >= 11 is 0. The minimum atomic E-state index is -3.18. The van der Waals surface area contributed by atoms with Crippen LogP contribution in [0.2, 0.25) is 0 Å². The molecule has 9 nitrogen and oxygen atoms in total. The molecule has 2 atom stereocenters. The highest BCUT2D eigenvalue weighted by atomic mass is 32.2. The Morgan fingerprint density at radius 3 is 2.47 bits per heavy atom. The average Bonchev–Trinajstić information content (AvgIpc) is 3.45. The first-order valence-electron chi connectivity index (χ1n) is 11.2. The molecule has 2 fully saturated rings. The largest absolute Gasteiger partial charge is 0.497 e. The van der Waals surface area contributed by atoms with E-state index in [1.54, 1.807) is 55.6 Å². The van der Waals surface area contributed by atoms with Gasteiger partial charge in [-0.25, -0.2) is 8.42 Å². The maximum atomic E-state index is 12.8. The van der Waals surface area contributed by atoms with E-state index in [1.807, 2.05) is 0 Å². The Morgan fingerprint density at radius 2 is 1.76 bits per heavy atom. The number of carbonyl (C=O) groups excluding carboxylic acids is 2. The smallest absolute Gasteiger partial charge is 0.262 e. The second-order valence-electron chi connectivity index (χ2n) is 8.56. The van der Waals surface area contributed by atoms with Crippen molar-refractivity contribution in [3.8, 4) is 11.5 Å². The van der Waals surface area contributed by atoms with Crippen molar-refractivity contribution in [1.29, 1.82) is 0 Å². The van der Waals surface area contributed by atoms with Gasteiger partial charge in [0.05, 0.1) is 24.7 Å². The zero-order valence-electron chi connectivity index (χ0n) is 19.0. The van der Waals surface area contributed by atoms with Gasteiger partial charge in [-0.1, -0.05) is 6.07 Å². The van der Waals surface area contributed by atoms with E-state index in [2.05, 4.69) is 15.5 Å². The summed E-state index contributed by atoms with van der Waals surface area (Å²) in [5.74, 6) is 0.468. The van der Waals surface area contributed by atoms with Crippen LogP contribution < -0.4 is 20.1 Å². The molecule has 0 bridgehead atoms.